The van der Waals surface area contributed by atoms with Crippen LogP contribution in [0.4, 0.5) is 17.6 Å². The van der Waals surface area contributed by atoms with Gasteiger partial charge in [0.2, 0.25) is 23.8 Å². The second-order valence-corrected chi connectivity index (χ2v) is 9.24. The van der Waals surface area contributed by atoms with Crippen molar-refractivity contribution in [3.05, 3.63) is 168 Å². The van der Waals surface area contributed by atoms with Crippen molar-refractivity contribution >= 4 is 0 Å². The highest BCUT2D eigenvalue weighted by molar-refractivity contribution is 5.64. The average Bonchev–Trinajstić information content (AvgIpc) is 2.99. The highest BCUT2D eigenvalue weighted by Gasteiger charge is 2.41. The van der Waals surface area contributed by atoms with Gasteiger partial charge in [-0.05, 0) is 59.7 Å². The predicted molar refractivity (Wildman–Crippen MR) is 147 cm³/mol. The maximum atomic E-state index is 14.8. The lowest BCUT2D eigenvalue weighted by atomic mass is 9.69. The molecule has 200 valence electrons. The van der Waals surface area contributed by atoms with Gasteiger partial charge in [0.05, 0.1) is 33.9 Å². The summed E-state index contributed by atoms with van der Waals surface area (Å²) in [5.41, 5.74) is 1.93. The lowest BCUT2D eigenvalue weighted by molar-refractivity contribution is 0.514. The van der Waals surface area contributed by atoms with Gasteiger partial charge < -0.3 is 0 Å². The topological polar surface area (TPSA) is 51.6 Å². The van der Waals surface area contributed by atoms with Crippen LogP contribution in [0.25, 0.3) is 22.5 Å². The van der Waals surface area contributed by atoms with E-state index in [9.17, 15) is 17.6 Å². The Bertz CT molecular complexity index is 1710. The third-order valence-corrected chi connectivity index (χ3v) is 6.86. The zero-order chi connectivity index (χ0) is 28.4. The SMILES string of the molecule is Fc1ccc(-c2cccc(C(c3ccccc3)(c3ccccc3)c3cccc(-c4ccc(F)nc4F)n3)n2)c(F)n1. The van der Waals surface area contributed by atoms with E-state index in [4.69, 9.17) is 9.97 Å². The van der Waals surface area contributed by atoms with Crippen molar-refractivity contribution in [2.45, 2.75) is 5.41 Å². The minimum atomic E-state index is -1.16. The molecule has 2 aromatic carbocycles. The molecule has 0 atom stereocenters. The van der Waals surface area contributed by atoms with Crippen LogP contribution in [0.2, 0.25) is 0 Å². The standard InChI is InChI=1S/C33H20F4N4/c34-29-19-17-23(31(36)40-29)25-13-7-15-27(38-25)33(21-9-3-1-4-10-21,22-11-5-2-6-12-22)28-16-8-14-26(39-28)24-18-20-30(35)41-32(24)37/h1-20H. The second-order valence-electron chi connectivity index (χ2n) is 9.24. The fourth-order valence-corrected chi connectivity index (χ4v) is 5.06. The van der Waals surface area contributed by atoms with Crippen molar-refractivity contribution in [1.82, 2.24) is 19.9 Å². The fraction of sp³-hybridized carbons (Fsp3) is 0.0303. The Kier molecular flexibility index (Phi) is 6.81. The zero-order valence-corrected chi connectivity index (χ0v) is 21.3. The molecule has 4 heterocycles. The van der Waals surface area contributed by atoms with Gasteiger partial charge >= 0.3 is 0 Å². The number of hydrogen-bond donors (Lipinski definition) is 0. The van der Waals surface area contributed by atoms with Crippen LogP contribution in [0, 0.1) is 23.8 Å². The molecular formula is C33H20F4N4. The maximum Gasteiger partial charge on any atom is 0.224 e. The molecule has 41 heavy (non-hydrogen) atoms. The molecule has 0 aliphatic heterocycles. The van der Waals surface area contributed by atoms with Gasteiger partial charge in [0.1, 0.15) is 5.41 Å². The normalized spacial score (nSPS) is 11.4. The molecular weight excluding hydrogens is 528 g/mol. The Morgan fingerprint density at radius 3 is 1.20 bits per heavy atom. The molecule has 4 nitrogen and oxygen atoms in total. The Morgan fingerprint density at radius 2 is 0.805 bits per heavy atom. The van der Waals surface area contributed by atoms with Crippen LogP contribution >= 0.6 is 0 Å². The van der Waals surface area contributed by atoms with Gasteiger partial charge in [-0.25, -0.2) is 0 Å². The van der Waals surface area contributed by atoms with E-state index in [1.165, 1.54) is 12.1 Å². The van der Waals surface area contributed by atoms with Gasteiger partial charge in [-0.1, -0.05) is 72.8 Å². The molecule has 4 aromatic heterocycles. The number of rotatable bonds is 6. The minimum Gasteiger partial charge on any atom is -0.251 e. The summed E-state index contributed by atoms with van der Waals surface area (Å²) in [6, 6.07) is 34.0. The van der Waals surface area contributed by atoms with Crippen LogP contribution < -0.4 is 0 Å². The van der Waals surface area contributed by atoms with E-state index in [1.54, 1.807) is 36.4 Å². The van der Waals surface area contributed by atoms with Gasteiger partial charge in [-0.15, -0.1) is 0 Å². The van der Waals surface area contributed by atoms with Crippen molar-refractivity contribution in [1.29, 1.82) is 0 Å². The highest BCUT2D eigenvalue weighted by atomic mass is 19.1. The third-order valence-electron chi connectivity index (χ3n) is 6.86. The molecule has 0 spiro atoms. The first-order valence-corrected chi connectivity index (χ1v) is 12.7. The highest BCUT2D eigenvalue weighted by Crippen LogP contribution is 2.44. The molecule has 8 heteroatoms. The lowest BCUT2D eigenvalue weighted by Crippen LogP contribution is -2.33. The van der Waals surface area contributed by atoms with Gasteiger partial charge in [0.25, 0.3) is 0 Å². The van der Waals surface area contributed by atoms with Gasteiger partial charge in [0.15, 0.2) is 0 Å². The number of halogens is 4. The zero-order valence-electron chi connectivity index (χ0n) is 21.3. The van der Waals surface area contributed by atoms with Gasteiger partial charge in [0, 0.05) is 0 Å². The summed E-state index contributed by atoms with van der Waals surface area (Å²) in [5, 5.41) is 0. The third kappa shape index (κ3) is 4.74. The second kappa shape index (κ2) is 10.7. The van der Waals surface area contributed by atoms with Crippen molar-refractivity contribution in [2.24, 2.45) is 0 Å². The predicted octanol–water partition coefficient (Wildman–Crippen LogP) is 7.54. The van der Waals surface area contributed by atoms with E-state index in [-0.39, 0.29) is 22.5 Å². The number of hydrogen-bond acceptors (Lipinski definition) is 4. The number of aromatic nitrogens is 4. The van der Waals surface area contributed by atoms with Crippen molar-refractivity contribution < 1.29 is 17.6 Å². The molecule has 0 amide bonds. The van der Waals surface area contributed by atoms with Gasteiger partial charge in [-0.3, -0.25) is 9.97 Å². The summed E-state index contributed by atoms with van der Waals surface area (Å²) in [6.07, 6.45) is 0. The summed E-state index contributed by atoms with van der Waals surface area (Å²) in [6.45, 7) is 0. The molecule has 0 fully saturated rings. The van der Waals surface area contributed by atoms with Crippen LogP contribution in [0.3, 0.4) is 0 Å². The summed E-state index contributed by atoms with van der Waals surface area (Å²) < 4.78 is 56.7. The van der Waals surface area contributed by atoms with Crippen LogP contribution in [-0.2, 0) is 5.41 Å². The van der Waals surface area contributed by atoms with E-state index in [0.717, 1.165) is 23.3 Å². The van der Waals surface area contributed by atoms with Crippen LogP contribution in [0.15, 0.2) is 121 Å². The molecule has 0 bridgehead atoms. The average molecular weight is 549 g/mol. The van der Waals surface area contributed by atoms with E-state index in [1.807, 2.05) is 60.7 Å². The summed E-state index contributed by atoms with van der Waals surface area (Å²) in [7, 11) is 0. The summed E-state index contributed by atoms with van der Waals surface area (Å²) in [5.74, 6) is -3.85. The van der Waals surface area contributed by atoms with E-state index >= 15 is 0 Å². The van der Waals surface area contributed by atoms with Crippen molar-refractivity contribution in [2.75, 3.05) is 0 Å². The Balaban J connectivity index is 1.67. The number of pyridine rings is 4. The summed E-state index contributed by atoms with van der Waals surface area (Å²) in [4.78, 5) is 16.4. The maximum absolute atomic E-state index is 14.8. The molecule has 0 radical (unpaired) electrons. The van der Waals surface area contributed by atoms with E-state index < -0.39 is 29.2 Å². The van der Waals surface area contributed by atoms with E-state index in [0.29, 0.717) is 11.4 Å². The van der Waals surface area contributed by atoms with Crippen LogP contribution in [0.5, 0.6) is 0 Å². The van der Waals surface area contributed by atoms with Crippen molar-refractivity contribution in [3.63, 3.8) is 0 Å². The molecule has 0 aliphatic carbocycles. The lowest BCUT2D eigenvalue weighted by Gasteiger charge is -2.35. The monoisotopic (exact) mass is 548 g/mol. The van der Waals surface area contributed by atoms with Crippen molar-refractivity contribution in [3.8, 4) is 22.5 Å². The summed E-state index contributed by atoms with van der Waals surface area (Å²) >= 11 is 0. The smallest absolute Gasteiger partial charge is 0.224 e. The molecule has 0 saturated carbocycles. The largest absolute Gasteiger partial charge is 0.251 e. The number of nitrogens with zero attached hydrogens (tertiary/aromatic N) is 4. The Morgan fingerprint density at radius 1 is 0.390 bits per heavy atom. The fourth-order valence-electron chi connectivity index (χ4n) is 5.06. The molecule has 0 unspecified atom stereocenters. The Labute approximate surface area is 233 Å². The quantitative estimate of drug-likeness (QED) is 0.159. The first-order valence-electron chi connectivity index (χ1n) is 12.7. The first kappa shape index (κ1) is 26.0. The molecule has 0 saturated heterocycles. The molecule has 6 aromatic rings. The molecule has 0 aliphatic rings. The minimum absolute atomic E-state index is 0.0319. The first-order chi connectivity index (χ1) is 20.0. The molecule has 6 rings (SSSR count). The van der Waals surface area contributed by atoms with Gasteiger partial charge in [-0.2, -0.15) is 27.5 Å². The van der Waals surface area contributed by atoms with Crippen LogP contribution in [-0.4, -0.2) is 19.9 Å². The van der Waals surface area contributed by atoms with E-state index in [2.05, 4.69) is 9.97 Å². The number of benzene rings is 2. The van der Waals surface area contributed by atoms with Crippen LogP contribution in [0.1, 0.15) is 22.5 Å². The molecule has 0 N–H and O–H groups in total. The Hall–Kier alpha value is -5.24.